The van der Waals surface area contributed by atoms with Crippen molar-refractivity contribution in [2.45, 2.75) is 70.7 Å². The number of hydrogen-bond donors (Lipinski definition) is 2. The summed E-state index contributed by atoms with van der Waals surface area (Å²) in [4.78, 5) is 21.7. The van der Waals surface area contributed by atoms with Crippen LogP contribution in [0.15, 0.2) is 11.6 Å². The first-order chi connectivity index (χ1) is 10.5. The van der Waals surface area contributed by atoms with Crippen molar-refractivity contribution in [2.75, 3.05) is 6.61 Å². The van der Waals surface area contributed by atoms with Crippen molar-refractivity contribution in [2.24, 2.45) is 5.73 Å². The zero-order chi connectivity index (χ0) is 16.5. The lowest BCUT2D eigenvalue weighted by atomic mass is 9.87. The van der Waals surface area contributed by atoms with Crippen molar-refractivity contribution in [3.8, 4) is 0 Å². The molecule has 0 aromatic rings. The van der Waals surface area contributed by atoms with E-state index < -0.39 is 0 Å². The Bertz CT molecular complexity index is 394. The molecule has 0 aromatic carbocycles. The monoisotopic (exact) mass is 312 g/mol. The van der Waals surface area contributed by atoms with Crippen molar-refractivity contribution in [1.82, 2.24) is 5.32 Å². The maximum atomic E-state index is 11.4. The molecule has 6 nitrogen and oxygen atoms in total. The molecule has 126 valence electrons. The second-order valence-electron chi connectivity index (χ2n) is 5.68. The predicted molar refractivity (Wildman–Crippen MR) is 84.2 cm³/mol. The van der Waals surface area contributed by atoms with Crippen LogP contribution in [0.25, 0.3) is 0 Å². The van der Waals surface area contributed by atoms with Crippen LogP contribution in [0, 0.1) is 0 Å². The minimum Gasteiger partial charge on any atom is -0.468 e. The normalized spacial score (nSPS) is 24.8. The highest BCUT2D eigenvalue weighted by atomic mass is 16.5. The number of amides is 1. The van der Waals surface area contributed by atoms with Crippen LogP contribution in [-0.2, 0) is 19.1 Å². The van der Waals surface area contributed by atoms with Gasteiger partial charge < -0.3 is 20.5 Å². The smallest absolute Gasteiger partial charge is 0.293 e. The molecule has 3 atom stereocenters. The molecule has 1 amide bonds. The van der Waals surface area contributed by atoms with Crippen molar-refractivity contribution in [1.29, 1.82) is 0 Å². The summed E-state index contributed by atoms with van der Waals surface area (Å²) in [5.74, 6) is -0.111. The SMILES string of the molecule is CCC(CC)OC1C=C(CCOC=O)CC(N)C1NC(C)=O. The van der Waals surface area contributed by atoms with Gasteiger partial charge in [-0.05, 0) is 19.3 Å². The highest BCUT2D eigenvalue weighted by molar-refractivity contribution is 5.73. The van der Waals surface area contributed by atoms with Gasteiger partial charge in [-0.3, -0.25) is 9.59 Å². The van der Waals surface area contributed by atoms with E-state index in [9.17, 15) is 9.59 Å². The summed E-state index contributed by atoms with van der Waals surface area (Å²) in [7, 11) is 0. The lowest BCUT2D eigenvalue weighted by Gasteiger charge is -2.37. The molecule has 0 fully saturated rings. The van der Waals surface area contributed by atoms with Gasteiger partial charge in [0.1, 0.15) is 0 Å². The van der Waals surface area contributed by atoms with E-state index in [4.69, 9.17) is 15.2 Å². The number of nitrogens with one attached hydrogen (secondary N) is 1. The maximum Gasteiger partial charge on any atom is 0.293 e. The zero-order valence-corrected chi connectivity index (χ0v) is 13.7. The highest BCUT2D eigenvalue weighted by Gasteiger charge is 2.33. The molecule has 0 aromatic heterocycles. The van der Waals surface area contributed by atoms with Gasteiger partial charge in [-0.15, -0.1) is 0 Å². The van der Waals surface area contributed by atoms with Gasteiger partial charge in [-0.25, -0.2) is 0 Å². The lowest BCUT2D eigenvalue weighted by molar-refractivity contribution is -0.128. The predicted octanol–water partition coefficient (Wildman–Crippen LogP) is 1.29. The van der Waals surface area contributed by atoms with Crippen LogP contribution >= 0.6 is 0 Å². The zero-order valence-electron chi connectivity index (χ0n) is 13.7. The third-order valence-electron chi connectivity index (χ3n) is 3.95. The molecule has 1 rings (SSSR count). The molecule has 3 N–H and O–H groups in total. The Hall–Kier alpha value is -1.40. The Morgan fingerprint density at radius 2 is 2.18 bits per heavy atom. The molecule has 22 heavy (non-hydrogen) atoms. The standard InChI is InChI=1S/C16H28N2O4/c1-4-13(5-2)22-15-9-12(6-7-21-10-19)8-14(17)16(15)18-11(3)20/h9-10,13-16H,4-8,17H2,1-3H3,(H,18,20). The lowest BCUT2D eigenvalue weighted by Crippen LogP contribution is -2.56. The third kappa shape index (κ3) is 5.77. The summed E-state index contributed by atoms with van der Waals surface area (Å²) in [5.41, 5.74) is 7.33. The molecule has 0 spiro atoms. The molecule has 0 saturated carbocycles. The molecule has 0 saturated heterocycles. The molecule has 3 unspecified atom stereocenters. The first kappa shape index (κ1) is 18.6. The first-order valence-corrected chi connectivity index (χ1v) is 7.94. The first-order valence-electron chi connectivity index (χ1n) is 7.94. The highest BCUT2D eigenvalue weighted by Crippen LogP contribution is 2.24. The molecule has 0 radical (unpaired) electrons. The summed E-state index contributed by atoms with van der Waals surface area (Å²) >= 11 is 0. The van der Waals surface area contributed by atoms with Gasteiger partial charge in [-0.2, -0.15) is 0 Å². The second kappa shape index (κ2) is 9.58. The van der Waals surface area contributed by atoms with Crippen LogP contribution in [0.5, 0.6) is 0 Å². The summed E-state index contributed by atoms with van der Waals surface area (Å²) < 4.78 is 10.9. The topological polar surface area (TPSA) is 90.7 Å². The quantitative estimate of drug-likeness (QED) is 0.380. The van der Waals surface area contributed by atoms with E-state index in [2.05, 4.69) is 19.2 Å². The number of rotatable bonds is 9. The van der Waals surface area contributed by atoms with Gasteiger partial charge in [0.25, 0.3) is 6.47 Å². The summed E-state index contributed by atoms with van der Waals surface area (Å²) in [5, 5.41) is 2.90. The van der Waals surface area contributed by atoms with E-state index in [0.29, 0.717) is 25.9 Å². The molecule has 0 aliphatic heterocycles. The molecule has 1 aliphatic rings. The van der Waals surface area contributed by atoms with Crippen LogP contribution in [0.2, 0.25) is 0 Å². The Kier molecular flexibility index (Phi) is 8.12. The number of nitrogens with two attached hydrogens (primary N) is 1. The fourth-order valence-electron chi connectivity index (χ4n) is 2.75. The number of carbonyl (C=O) groups excluding carboxylic acids is 2. The van der Waals surface area contributed by atoms with Crippen LogP contribution in [0.4, 0.5) is 0 Å². The van der Waals surface area contributed by atoms with E-state index >= 15 is 0 Å². The molecular weight excluding hydrogens is 284 g/mol. The van der Waals surface area contributed by atoms with Crippen LogP contribution in [0.1, 0.15) is 46.5 Å². The largest absolute Gasteiger partial charge is 0.468 e. The maximum absolute atomic E-state index is 11.4. The van der Waals surface area contributed by atoms with Gasteiger partial charge >= 0.3 is 0 Å². The van der Waals surface area contributed by atoms with Gasteiger partial charge in [0.05, 0.1) is 24.9 Å². The average Bonchev–Trinajstić information content (AvgIpc) is 2.48. The van der Waals surface area contributed by atoms with Crippen LogP contribution in [0.3, 0.4) is 0 Å². The Morgan fingerprint density at radius 3 is 2.73 bits per heavy atom. The van der Waals surface area contributed by atoms with Crippen molar-refractivity contribution >= 4 is 12.4 Å². The Morgan fingerprint density at radius 1 is 1.50 bits per heavy atom. The number of ether oxygens (including phenoxy) is 2. The van der Waals surface area contributed by atoms with Gasteiger partial charge in [-0.1, -0.05) is 25.5 Å². The van der Waals surface area contributed by atoms with E-state index in [0.717, 1.165) is 18.4 Å². The van der Waals surface area contributed by atoms with E-state index in [1.54, 1.807) is 0 Å². The van der Waals surface area contributed by atoms with E-state index in [-0.39, 0.29) is 30.2 Å². The molecule has 0 bridgehead atoms. The minimum absolute atomic E-state index is 0.111. The van der Waals surface area contributed by atoms with Crippen LogP contribution in [-0.4, -0.2) is 43.3 Å². The molecule has 6 heteroatoms. The Balaban J connectivity index is 2.83. The fraction of sp³-hybridized carbons (Fsp3) is 0.750. The second-order valence-corrected chi connectivity index (χ2v) is 5.68. The van der Waals surface area contributed by atoms with E-state index in [1.165, 1.54) is 6.92 Å². The summed E-state index contributed by atoms with van der Waals surface area (Å²) in [6.45, 7) is 6.42. The molecule has 1 aliphatic carbocycles. The summed E-state index contributed by atoms with van der Waals surface area (Å²) in [6, 6.07) is -0.437. The van der Waals surface area contributed by atoms with Crippen molar-refractivity contribution in [3.05, 3.63) is 11.6 Å². The summed E-state index contributed by atoms with van der Waals surface area (Å²) in [6.07, 6.45) is 5.03. The van der Waals surface area contributed by atoms with Gasteiger partial charge in [0, 0.05) is 19.4 Å². The minimum atomic E-state index is -0.246. The number of carbonyl (C=O) groups is 2. The van der Waals surface area contributed by atoms with Gasteiger partial charge in [0.2, 0.25) is 5.91 Å². The molecular formula is C16H28N2O4. The number of hydrogen-bond acceptors (Lipinski definition) is 5. The van der Waals surface area contributed by atoms with Gasteiger partial charge in [0.15, 0.2) is 0 Å². The Labute approximate surface area is 132 Å². The molecule has 0 heterocycles. The van der Waals surface area contributed by atoms with Crippen LogP contribution < -0.4 is 11.1 Å². The average molecular weight is 312 g/mol. The third-order valence-corrected chi connectivity index (χ3v) is 3.95. The fourth-order valence-corrected chi connectivity index (χ4v) is 2.75. The van der Waals surface area contributed by atoms with Crippen molar-refractivity contribution < 1.29 is 19.1 Å². The van der Waals surface area contributed by atoms with Crippen molar-refractivity contribution in [3.63, 3.8) is 0 Å². The van der Waals surface area contributed by atoms with E-state index in [1.807, 2.05) is 6.08 Å².